The Morgan fingerprint density at radius 1 is 1.06 bits per heavy atom. The minimum absolute atomic E-state index is 0.0355. The minimum atomic E-state index is -4.27. The van der Waals surface area contributed by atoms with Gasteiger partial charge in [0.05, 0.1) is 5.56 Å². The molecule has 98 valence electrons. The lowest BCUT2D eigenvalue weighted by atomic mass is 9.91. The summed E-state index contributed by atoms with van der Waals surface area (Å²) in [6.07, 6.45) is -4.27. The number of aryl methyl sites for hydroxylation is 1. The molecular formula is C14H15F3S. The van der Waals surface area contributed by atoms with Gasteiger partial charge in [0.2, 0.25) is 0 Å². The molecule has 2 aromatic rings. The topological polar surface area (TPSA) is 0 Å². The van der Waals surface area contributed by atoms with Gasteiger partial charge in [-0.15, -0.1) is 11.3 Å². The molecule has 1 heterocycles. The van der Waals surface area contributed by atoms with Crippen LogP contribution in [-0.4, -0.2) is 0 Å². The lowest BCUT2D eigenvalue weighted by molar-refractivity contribution is -0.137. The molecule has 0 saturated heterocycles. The van der Waals surface area contributed by atoms with Crippen molar-refractivity contribution in [2.45, 2.75) is 39.3 Å². The second-order valence-corrected chi connectivity index (χ2v) is 6.57. The highest BCUT2D eigenvalue weighted by atomic mass is 32.1. The van der Waals surface area contributed by atoms with Crippen LogP contribution in [-0.2, 0) is 11.6 Å². The maximum absolute atomic E-state index is 12.7. The molecule has 0 aliphatic rings. The molecule has 0 aliphatic carbocycles. The van der Waals surface area contributed by atoms with Crippen LogP contribution in [0.25, 0.3) is 10.1 Å². The van der Waals surface area contributed by atoms with Crippen LogP contribution in [0.1, 0.15) is 36.8 Å². The quantitative estimate of drug-likeness (QED) is 0.592. The van der Waals surface area contributed by atoms with E-state index in [0.29, 0.717) is 4.70 Å². The molecule has 0 radical (unpaired) electrons. The van der Waals surface area contributed by atoms with Crippen molar-refractivity contribution in [3.05, 3.63) is 34.2 Å². The van der Waals surface area contributed by atoms with Gasteiger partial charge in [0.1, 0.15) is 0 Å². The zero-order valence-electron chi connectivity index (χ0n) is 10.8. The summed E-state index contributed by atoms with van der Waals surface area (Å²) in [6.45, 7) is 8.22. The van der Waals surface area contributed by atoms with Crippen LogP contribution in [0.2, 0.25) is 0 Å². The highest BCUT2D eigenvalue weighted by Crippen LogP contribution is 2.40. The largest absolute Gasteiger partial charge is 0.416 e. The smallest absolute Gasteiger partial charge is 0.166 e. The molecule has 2 rings (SSSR count). The van der Waals surface area contributed by atoms with E-state index in [0.717, 1.165) is 21.9 Å². The lowest BCUT2D eigenvalue weighted by Crippen LogP contribution is -2.09. The number of hydrogen-bond acceptors (Lipinski definition) is 1. The standard InChI is InChI=1S/C14H15F3S/c1-8-10-6-5-9(14(15,16)17)7-11(10)18-12(8)13(2,3)4/h5-7H,1-4H3. The first-order valence-electron chi connectivity index (χ1n) is 5.71. The SMILES string of the molecule is Cc1c(C(C)(C)C)sc2cc(C(F)(F)F)ccc12. The molecular weight excluding hydrogens is 257 g/mol. The normalized spacial score (nSPS) is 13.3. The van der Waals surface area contributed by atoms with Gasteiger partial charge in [0.15, 0.2) is 0 Å². The predicted octanol–water partition coefficient (Wildman–Crippen LogP) is 5.53. The van der Waals surface area contributed by atoms with E-state index in [2.05, 4.69) is 20.8 Å². The number of benzene rings is 1. The third-order valence-corrected chi connectivity index (χ3v) is 4.63. The lowest BCUT2D eigenvalue weighted by Gasteiger charge is -2.17. The van der Waals surface area contributed by atoms with Crippen molar-refractivity contribution in [3.8, 4) is 0 Å². The van der Waals surface area contributed by atoms with Crippen LogP contribution >= 0.6 is 11.3 Å². The van der Waals surface area contributed by atoms with Gasteiger partial charge in [-0.1, -0.05) is 26.8 Å². The van der Waals surface area contributed by atoms with E-state index in [1.165, 1.54) is 17.4 Å². The van der Waals surface area contributed by atoms with Crippen LogP contribution in [0, 0.1) is 6.92 Å². The van der Waals surface area contributed by atoms with Gasteiger partial charge in [0, 0.05) is 9.58 Å². The molecule has 0 bridgehead atoms. The van der Waals surface area contributed by atoms with Crippen LogP contribution in [0.3, 0.4) is 0 Å². The maximum Gasteiger partial charge on any atom is 0.416 e. The summed E-state index contributed by atoms with van der Waals surface area (Å²) in [5, 5.41) is 0.929. The van der Waals surface area contributed by atoms with Crippen molar-refractivity contribution in [3.63, 3.8) is 0 Å². The Labute approximate surface area is 108 Å². The van der Waals surface area contributed by atoms with Crippen molar-refractivity contribution in [1.82, 2.24) is 0 Å². The summed E-state index contributed by atoms with van der Waals surface area (Å²) in [5.41, 5.74) is 0.486. The molecule has 0 saturated carbocycles. The van der Waals surface area contributed by atoms with Gasteiger partial charge in [-0.05, 0) is 35.4 Å². The molecule has 0 nitrogen and oxygen atoms in total. The van der Waals surface area contributed by atoms with E-state index in [1.54, 1.807) is 6.07 Å². The second kappa shape index (κ2) is 3.98. The average molecular weight is 272 g/mol. The van der Waals surface area contributed by atoms with E-state index >= 15 is 0 Å². The highest BCUT2D eigenvalue weighted by Gasteiger charge is 2.31. The highest BCUT2D eigenvalue weighted by molar-refractivity contribution is 7.19. The van der Waals surface area contributed by atoms with Crippen molar-refractivity contribution >= 4 is 21.4 Å². The second-order valence-electron chi connectivity index (χ2n) is 5.51. The molecule has 1 aromatic carbocycles. The van der Waals surface area contributed by atoms with Gasteiger partial charge in [-0.2, -0.15) is 13.2 Å². The van der Waals surface area contributed by atoms with E-state index < -0.39 is 11.7 Å². The zero-order chi connectivity index (χ0) is 13.7. The molecule has 0 aliphatic heterocycles. The summed E-state index contributed by atoms with van der Waals surface area (Å²) >= 11 is 1.46. The molecule has 18 heavy (non-hydrogen) atoms. The van der Waals surface area contributed by atoms with Gasteiger partial charge in [0.25, 0.3) is 0 Å². The third kappa shape index (κ3) is 2.26. The van der Waals surface area contributed by atoms with E-state index in [4.69, 9.17) is 0 Å². The first-order chi connectivity index (χ1) is 8.10. The Balaban J connectivity index is 2.67. The maximum atomic E-state index is 12.7. The number of rotatable bonds is 0. The van der Waals surface area contributed by atoms with Gasteiger partial charge < -0.3 is 0 Å². The van der Waals surface area contributed by atoms with Gasteiger partial charge in [-0.25, -0.2) is 0 Å². The molecule has 1 aromatic heterocycles. The summed E-state index contributed by atoms with van der Waals surface area (Å²) in [5.74, 6) is 0. The fourth-order valence-corrected chi connectivity index (χ4v) is 3.42. The molecule has 0 unspecified atom stereocenters. The molecule has 0 spiro atoms. The van der Waals surface area contributed by atoms with Crippen molar-refractivity contribution in [2.24, 2.45) is 0 Å². The average Bonchev–Trinajstić information content (AvgIpc) is 2.54. The van der Waals surface area contributed by atoms with Crippen LogP contribution in [0.5, 0.6) is 0 Å². The summed E-state index contributed by atoms with van der Waals surface area (Å²) in [7, 11) is 0. The molecule has 0 fully saturated rings. The molecule has 0 N–H and O–H groups in total. The number of halogens is 3. The monoisotopic (exact) mass is 272 g/mol. The van der Waals surface area contributed by atoms with Crippen LogP contribution < -0.4 is 0 Å². The Kier molecular flexibility index (Phi) is 2.97. The van der Waals surface area contributed by atoms with Crippen LogP contribution in [0.15, 0.2) is 18.2 Å². The molecule has 4 heteroatoms. The summed E-state index contributed by atoms with van der Waals surface area (Å²) in [6, 6.07) is 4.00. The fourth-order valence-electron chi connectivity index (χ4n) is 2.12. The molecule has 0 amide bonds. The molecule has 0 atom stereocenters. The number of alkyl halides is 3. The Morgan fingerprint density at radius 3 is 2.17 bits per heavy atom. The van der Waals surface area contributed by atoms with Crippen LogP contribution in [0.4, 0.5) is 13.2 Å². The Bertz CT molecular complexity index is 585. The number of fused-ring (bicyclic) bond motifs is 1. The van der Waals surface area contributed by atoms with Crippen molar-refractivity contribution in [1.29, 1.82) is 0 Å². The van der Waals surface area contributed by atoms with E-state index in [1.807, 2.05) is 6.92 Å². The summed E-state index contributed by atoms with van der Waals surface area (Å²) in [4.78, 5) is 1.15. The fraction of sp³-hybridized carbons (Fsp3) is 0.429. The van der Waals surface area contributed by atoms with Gasteiger partial charge in [-0.3, -0.25) is 0 Å². The number of hydrogen-bond donors (Lipinski definition) is 0. The first kappa shape index (κ1) is 13.4. The Hall–Kier alpha value is -1.03. The summed E-state index contributed by atoms with van der Waals surface area (Å²) < 4.78 is 38.7. The van der Waals surface area contributed by atoms with E-state index in [9.17, 15) is 13.2 Å². The van der Waals surface area contributed by atoms with E-state index in [-0.39, 0.29) is 5.41 Å². The van der Waals surface area contributed by atoms with Gasteiger partial charge >= 0.3 is 6.18 Å². The zero-order valence-corrected chi connectivity index (χ0v) is 11.6. The minimum Gasteiger partial charge on any atom is -0.166 e. The van der Waals surface area contributed by atoms with Crippen molar-refractivity contribution < 1.29 is 13.2 Å². The van der Waals surface area contributed by atoms with Crippen molar-refractivity contribution in [2.75, 3.05) is 0 Å². The predicted molar refractivity (Wildman–Crippen MR) is 70.3 cm³/mol. The number of thiophene rings is 1. The third-order valence-electron chi connectivity index (χ3n) is 2.95. The Morgan fingerprint density at radius 2 is 1.67 bits per heavy atom. The first-order valence-corrected chi connectivity index (χ1v) is 6.53.